The second-order valence-corrected chi connectivity index (χ2v) is 5.74. The zero-order valence-corrected chi connectivity index (χ0v) is 11.5. The van der Waals surface area contributed by atoms with Gasteiger partial charge in [0, 0.05) is 24.5 Å². The van der Waals surface area contributed by atoms with Gasteiger partial charge in [0.05, 0.1) is 0 Å². The minimum absolute atomic E-state index is 0.215. The Labute approximate surface area is 110 Å². The van der Waals surface area contributed by atoms with Crippen LogP contribution < -0.4 is 5.73 Å². The van der Waals surface area contributed by atoms with Gasteiger partial charge >= 0.3 is 0 Å². The average Bonchev–Trinajstić information content (AvgIpc) is 2.90. The molecule has 2 rings (SSSR count). The Hall–Kier alpha value is -0.830. The molecule has 3 nitrogen and oxygen atoms in total. The predicted molar refractivity (Wildman–Crippen MR) is 74.1 cm³/mol. The van der Waals surface area contributed by atoms with Crippen molar-refractivity contribution in [1.82, 2.24) is 4.90 Å². The smallest absolute Gasteiger partial charge is 0.226 e. The van der Waals surface area contributed by atoms with E-state index in [1.165, 1.54) is 0 Å². The number of nitrogens with zero attached hydrogens (tertiary/aromatic N) is 1. The third-order valence-electron chi connectivity index (χ3n) is 4.29. The zero-order chi connectivity index (χ0) is 13.0. The molecule has 0 saturated heterocycles. The molecule has 3 heteroatoms. The number of hydrogen-bond donors (Lipinski definition) is 1. The van der Waals surface area contributed by atoms with Gasteiger partial charge in [-0.3, -0.25) is 4.79 Å². The van der Waals surface area contributed by atoms with Gasteiger partial charge < -0.3 is 10.6 Å². The fourth-order valence-corrected chi connectivity index (χ4v) is 3.18. The Morgan fingerprint density at radius 2 is 1.83 bits per heavy atom. The summed E-state index contributed by atoms with van der Waals surface area (Å²) in [6.07, 6.45) is 11.5. The highest BCUT2D eigenvalue weighted by atomic mass is 16.2. The maximum atomic E-state index is 12.6. The lowest BCUT2D eigenvalue weighted by Crippen LogP contribution is -2.46. The summed E-state index contributed by atoms with van der Waals surface area (Å²) >= 11 is 0. The number of carbonyl (C=O) groups excluding carboxylic acids is 1. The van der Waals surface area contributed by atoms with Crippen molar-refractivity contribution in [2.75, 3.05) is 6.54 Å². The first-order valence-electron chi connectivity index (χ1n) is 7.43. The molecule has 18 heavy (non-hydrogen) atoms. The number of hydrogen-bond acceptors (Lipinski definition) is 2. The fraction of sp³-hybridized carbons (Fsp3) is 0.800. The molecule has 0 spiro atoms. The van der Waals surface area contributed by atoms with E-state index in [0.29, 0.717) is 18.0 Å². The molecule has 2 N–H and O–H groups in total. The SMILES string of the molecule is CCCN(C(=O)C1CC=CC1)C1CCC(N)CC1. The molecular weight excluding hydrogens is 224 g/mol. The molecule has 0 radical (unpaired) electrons. The Morgan fingerprint density at radius 1 is 1.22 bits per heavy atom. The summed E-state index contributed by atoms with van der Waals surface area (Å²) < 4.78 is 0. The van der Waals surface area contributed by atoms with E-state index in [1.807, 2.05) is 0 Å². The van der Waals surface area contributed by atoms with Crippen LogP contribution in [0.25, 0.3) is 0 Å². The minimum atomic E-state index is 0.215. The quantitative estimate of drug-likeness (QED) is 0.779. The van der Waals surface area contributed by atoms with Crippen molar-refractivity contribution in [3.05, 3.63) is 12.2 Å². The van der Waals surface area contributed by atoms with E-state index < -0.39 is 0 Å². The maximum absolute atomic E-state index is 12.6. The van der Waals surface area contributed by atoms with E-state index in [0.717, 1.165) is 51.5 Å². The van der Waals surface area contributed by atoms with Crippen LogP contribution in [-0.4, -0.2) is 29.4 Å². The molecule has 0 aromatic rings. The normalized spacial score (nSPS) is 28.6. The molecular formula is C15H26N2O. The molecule has 0 unspecified atom stereocenters. The molecule has 1 fully saturated rings. The summed E-state index contributed by atoms with van der Waals surface area (Å²) in [4.78, 5) is 14.7. The van der Waals surface area contributed by atoms with Gasteiger partial charge in [0.1, 0.15) is 0 Å². The summed E-state index contributed by atoms with van der Waals surface area (Å²) in [5.74, 6) is 0.592. The molecule has 0 heterocycles. The van der Waals surface area contributed by atoms with Crippen molar-refractivity contribution in [2.45, 2.75) is 64.0 Å². The summed E-state index contributed by atoms with van der Waals surface area (Å²) in [6.45, 7) is 3.07. The first-order chi connectivity index (χ1) is 8.72. The van der Waals surface area contributed by atoms with Crippen LogP contribution in [0.5, 0.6) is 0 Å². The van der Waals surface area contributed by atoms with Crippen LogP contribution >= 0.6 is 0 Å². The lowest BCUT2D eigenvalue weighted by atomic mass is 9.89. The van der Waals surface area contributed by atoms with Crippen LogP contribution in [0.3, 0.4) is 0 Å². The van der Waals surface area contributed by atoms with Crippen LogP contribution in [0.2, 0.25) is 0 Å². The van der Waals surface area contributed by atoms with Gasteiger partial charge in [0.2, 0.25) is 5.91 Å². The van der Waals surface area contributed by atoms with Crippen molar-refractivity contribution >= 4 is 5.91 Å². The highest BCUT2D eigenvalue weighted by Crippen LogP contribution is 2.27. The molecule has 0 aromatic carbocycles. The summed E-state index contributed by atoms with van der Waals surface area (Å²) in [5.41, 5.74) is 5.96. The van der Waals surface area contributed by atoms with Crippen molar-refractivity contribution < 1.29 is 4.79 Å². The van der Waals surface area contributed by atoms with E-state index in [9.17, 15) is 4.79 Å². The van der Waals surface area contributed by atoms with Gasteiger partial charge in [-0.25, -0.2) is 0 Å². The predicted octanol–water partition coefficient (Wildman–Crippen LogP) is 2.46. The van der Waals surface area contributed by atoms with Gasteiger partial charge in [-0.2, -0.15) is 0 Å². The van der Waals surface area contributed by atoms with Crippen molar-refractivity contribution in [1.29, 1.82) is 0 Å². The van der Waals surface area contributed by atoms with E-state index in [4.69, 9.17) is 5.73 Å². The van der Waals surface area contributed by atoms with Gasteiger partial charge in [0.15, 0.2) is 0 Å². The van der Waals surface area contributed by atoms with Crippen LogP contribution in [0.15, 0.2) is 12.2 Å². The van der Waals surface area contributed by atoms with Gasteiger partial charge in [0.25, 0.3) is 0 Å². The highest BCUT2D eigenvalue weighted by Gasteiger charge is 2.31. The topological polar surface area (TPSA) is 46.3 Å². The number of nitrogens with two attached hydrogens (primary N) is 1. The van der Waals surface area contributed by atoms with E-state index >= 15 is 0 Å². The second kappa shape index (κ2) is 6.37. The summed E-state index contributed by atoms with van der Waals surface area (Å²) in [5, 5.41) is 0. The number of allylic oxidation sites excluding steroid dienone is 2. The third-order valence-corrected chi connectivity index (χ3v) is 4.29. The Morgan fingerprint density at radius 3 is 2.39 bits per heavy atom. The third kappa shape index (κ3) is 3.14. The molecule has 1 amide bonds. The number of carbonyl (C=O) groups is 1. The number of rotatable bonds is 4. The largest absolute Gasteiger partial charge is 0.339 e. The Kier molecular flexibility index (Phi) is 4.81. The lowest BCUT2D eigenvalue weighted by molar-refractivity contribution is -0.138. The molecule has 0 aliphatic heterocycles. The molecule has 0 aromatic heterocycles. The molecule has 2 aliphatic carbocycles. The van der Waals surface area contributed by atoms with E-state index in [2.05, 4.69) is 24.0 Å². The summed E-state index contributed by atoms with van der Waals surface area (Å²) in [6, 6.07) is 0.797. The van der Waals surface area contributed by atoms with Gasteiger partial charge in [-0.1, -0.05) is 19.1 Å². The van der Waals surface area contributed by atoms with Crippen LogP contribution in [0, 0.1) is 5.92 Å². The second-order valence-electron chi connectivity index (χ2n) is 5.74. The maximum Gasteiger partial charge on any atom is 0.226 e. The first kappa shape index (κ1) is 13.6. The lowest BCUT2D eigenvalue weighted by Gasteiger charge is -2.37. The monoisotopic (exact) mass is 250 g/mol. The summed E-state index contributed by atoms with van der Waals surface area (Å²) in [7, 11) is 0. The molecule has 1 saturated carbocycles. The van der Waals surface area contributed by atoms with E-state index in [-0.39, 0.29) is 5.92 Å². The average molecular weight is 250 g/mol. The fourth-order valence-electron chi connectivity index (χ4n) is 3.18. The van der Waals surface area contributed by atoms with Crippen molar-refractivity contribution in [3.8, 4) is 0 Å². The Bertz CT molecular complexity index is 298. The Balaban J connectivity index is 1.96. The molecule has 0 atom stereocenters. The standard InChI is InChI=1S/C15H26N2O/c1-2-11-17(14-9-7-13(16)8-10-14)15(18)12-5-3-4-6-12/h3-4,12-14H,2,5-11,16H2,1H3. The van der Waals surface area contributed by atoms with Crippen molar-refractivity contribution in [3.63, 3.8) is 0 Å². The minimum Gasteiger partial charge on any atom is -0.339 e. The molecule has 0 bridgehead atoms. The molecule has 2 aliphatic rings. The van der Waals surface area contributed by atoms with Crippen LogP contribution in [0.1, 0.15) is 51.9 Å². The van der Waals surface area contributed by atoms with Crippen LogP contribution in [0.4, 0.5) is 0 Å². The van der Waals surface area contributed by atoms with Gasteiger partial charge in [-0.05, 0) is 44.9 Å². The first-order valence-corrected chi connectivity index (χ1v) is 7.43. The number of amides is 1. The molecule has 102 valence electrons. The highest BCUT2D eigenvalue weighted by molar-refractivity contribution is 5.80. The van der Waals surface area contributed by atoms with Gasteiger partial charge in [-0.15, -0.1) is 0 Å². The van der Waals surface area contributed by atoms with Crippen LogP contribution in [-0.2, 0) is 4.79 Å². The zero-order valence-electron chi connectivity index (χ0n) is 11.5. The van der Waals surface area contributed by atoms with Crippen molar-refractivity contribution in [2.24, 2.45) is 11.7 Å². The van der Waals surface area contributed by atoms with E-state index in [1.54, 1.807) is 0 Å².